The minimum Gasteiger partial charge on any atom is -0.381 e. The van der Waals surface area contributed by atoms with Gasteiger partial charge >= 0.3 is 0 Å². The first-order valence-corrected chi connectivity index (χ1v) is 9.57. The monoisotopic (exact) mass is 393 g/mol. The van der Waals surface area contributed by atoms with Crippen LogP contribution in [0.2, 0.25) is 0 Å². The quantitative estimate of drug-likeness (QED) is 0.649. The van der Waals surface area contributed by atoms with E-state index in [4.69, 9.17) is 0 Å². The molecule has 1 aromatic carbocycles. The lowest BCUT2D eigenvalue weighted by Gasteiger charge is -2.24. The number of nitrogens with zero attached hydrogens (tertiary/aromatic N) is 2. The third kappa shape index (κ3) is 4.92. The van der Waals surface area contributed by atoms with E-state index in [2.05, 4.69) is 25.9 Å². The van der Waals surface area contributed by atoms with Crippen LogP contribution in [0.3, 0.4) is 0 Å². The number of anilines is 2. The van der Waals surface area contributed by atoms with Gasteiger partial charge in [0.2, 0.25) is 0 Å². The van der Waals surface area contributed by atoms with E-state index in [1.165, 1.54) is 12.1 Å². The van der Waals surface area contributed by atoms with Gasteiger partial charge in [0.25, 0.3) is 6.43 Å². The molecule has 0 aliphatic carbocycles. The highest BCUT2D eigenvalue weighted by Crippen LogP contribution is 2.30. The van der Waals surface area contributed by atoms with E-state index in [0.29, 0.717) is 17.6 Å². The number of aromatic nitrogens is 2. The minimum atomic E-state index is -2.85. The van der Waals surface area contributed by atoms with E-state index < -0.39 is 23.8 Å². The summed E-state index contributed by atoms with van der Waals surface area (Å²) in [5.74, 6) is 0.792. The largest absolute Gasteiger partial charge is 0.381 e. The summed E-state index contributed by atoms with van der Waals surface area (Å²) in [4.78, 5) is 8.66. The van der Waals surface area contributed by atoms with Crippen LogP contribution < -0.4 is 16.0 Å². The summed E-state index contributed by atoms with van der Waals surface area (Å²) in [6.07, 6.45) is 1.05. The molecule has 1 atom stereocenters. The van der Waals surface area contributed by atoms with E-state index in [0.717, 1.165) is 44.2 Å². The number of benzene rings is 1. The van der Waals surface area contributed by atoms with Crippen molar-refractivity contribution < 1.29 is 13.2 Å². The first-order valence-electron chi connectivity index (χ1n) is 9.57. The van der Waals surface area contributed by atoms with Crippen molar-refractivity contribution >= 4 is 11.5 Å². The molecule has 5 nitrogen and oxygen atoms in total. The van der Waals surface area contributed by atoms with Gasteiger partial charge in [0.15, 0.2) is 5.82 Å². The molecular formula is C20H26F3N5. The Morgan fingerprint density at radius 1 is 1.21 bits per heavy atom. The summed E-state index contributed by atoms with van der Waals surface area (Å²) in [5, 5.41) is 9.87. The van der Waals surface area contributed by atoms with Gasteiger partial charge < -0.3 is 16.0 Å². The number of nitrogens with one attached hydrogen (secondary N) is 3. The average molecular weight is 393 g/mol. The molecule has 3 N–H and O–H groups in total. The van der Waals surface area contributed by atoms with Crippen molar-refractivity contribution in [3.05, 3.63) is 47.2 Å². The number of rotatable bonds is 7. The van der Waals surface area contributed by atoms with Crippen molar-refractivity contribution in [1.29, 1.82) is 0 Å². The Labute approximate surface area is 163 Å². The molecule has 8 heteroatoms. The van der Waals surface area contributed by atoms with Crippen molar-refractivity contribution in [2.45, 2.75) is 39.2 Å². The fourth-order valence-corrected chi connectivity index (χ4v) is 3.40. The minimum absolute atomic E-state index is 0.179. The van der Waals surface area contributed by atoms with Crippen molar-refractivity contribution in [2.75, 3.05) is 30.3 Å². The van der Waals surface area contributed by atoms with E-state index in [1.807, 2.05) is 0 Å². The smallest absolute Gasteiger partial charge is 0.266 e. The Morgan fingerprint density at radius 2 is 1.93 bits per heavy atom. The second-order valence-electron chi connectivity index (χ2n) is 7.17. The molecule has 1 aliphatic rings. The standard InChI is InChI=1S/C20H26F3N5/c1-12(15-4-3-5-16(18(15)21)19(22)23)27-20-17(11-25-13(2)28-20)26-10-14-6-8-24-9-7-14/h3-5,11-12,14,19,24,26H,6-10H2,1-2H3,(H,25,27,28)/t12-/m1/s1. The zero-order valence-electron chi connectivity index (χ0n) is 16.1. The van der Waals surface area contributed by atoms with Gasteiger partial charge in [-0.15, -0.1) is 0 Å². The zero-order valence-corrected chi connectivity index (χ0v) is 16.1. The molecule has 2 aromatic rings. The number of alkyl halides is 2. The van der Waals surface area contributed by atoms with Gasteiger partial charge in [0, 0.05) is 12.1 Å². The maximum absolute atomic E-state index is 14.5. The topological polar surface area (TPSA) is 61.9 Å². The molecule has 2 heterocycles. The third-order valence-electron chi connectivity index (χ3n) is 5.06. The van der Waals surface area contributed by atoms with Gasteiger partial charge in [-0.2, -0.15) is 0 Å². The number of hydrogen-bond acceptors (Lipinski definition) is 5. The second-order valence-corrected chi connectivity index (χ2v) is 7.17. The molecule has 0 bridgehead atoms. The second kappa shape index (κ2) is 9.23. The predicted octanol–water partition coefficient (Wildman–Crippen LogP) is 4.45. The molecule has 0 unspecified atom stereocenters. The summed E-state index contributed by atoms with van der Waals surface area (Å²) in [7, 11) is 0. The normalized spacial score (nSPS) is 16.2. The lowest BCUT2D eigenvalue weighted by atomic mass is 9.98. The van der Waals surface area contributed by atoms with Gasteiger partial charge in [0.1, 0.15) is 11.6 Å². The van der Waals surface area contributed by atoms with Crippen LogP contribution in [0, 0.1) is 18.7 Å². The number of halogens is 3. The molecule has 1 fully saturated rings. The van der Waals surface area contributed by atoms with Crippen LogP contribution in [0.25, 0.3) is 0 Å². The molecular weight excluding hydrogens is 367 g/mol. The van der Waals surface area contributed by atoms with Crippen LogP contribution in [-0.2, 0) is 0 Å². The molecule has 1 aromatic heterocycles. The SMILES string of the molecule is Cc1ncc(NCC2CCNCC2)c(N[C@H](C)c2cccc(C(F)F)c2F)n1. The van der Waals surface area contributed by atoms with Crippen molar-refractivity contribution in [3.8, 4) is 0 Å². The molecule has 1 aliphatic heterocycles. The Balaban J connectivity index is 1.76. The molecule has 3 rings (SSSR count). The van der Waals surface area contributed by atoms with Gasteiger partial charge in [-0.25, -0.2) is 23.1 Å². The van der Waals surface area contributed by atoms with E-state index in [-0.39, 0.29) is 5.56 Å². The van der Waals surface area contributed by atoms with E-state index >= 15 is 0 Å². The summed E-state index contributed by atoms with van der Waals surface area (Å²) in [6.45, 7) is 6.32. The van der Waals surface area contributed by atoms with Crippen LogP contribution in [-0.4, -0.2) is 29.6 Å². The molecule has 0 amide bonds. The van der Waals surface area contributed by atoms with Crippen molar-refractivity contribution in [1.82, 2.24) is 15.3 Å². The fourth-order valence-electron chi connectivity index (χ4n) is 3.40. The number of piperidine rings is 1. The third-order valence-corrected chi connectivity index (χ3v) is 5.06. The maximum atomic E-state index is 14.5. The van der Waals surface area contributed by atoms with E-state index in [9.17, 15) is 13.2 Å². The molecule has 0 saturated carbocycles. The average Bonchev–Trinajstić information content (AvgIpc) is 2.68. The Hall–Kier alpha value is -2.35. The molecule has 0 radical (unpaired) electrons. The van der Waals surface area contributed by atoms with Gasteiger partial charge in [-0.05, 0) is 45.7 Å². The Kier molecular flexibility index (Phi) is 6.72. The van der Waals surface area contributed by atoms with Gasteiger partial charge in [-0.1, -0.05) is 18.2 Å². The lowest BCUT2D eigenvalue weighted by Crippen LogP contribution is -2.31. The number of aryl methyl sites for hydroxylation is 1. The summed E-state index contributed by atoms with van der Waals surface area (Å²) < 4.78 is 40.5. The maximum Gasteiger partial charge on any atom is 0.266 e. The lowest BCUT2D eigenvalue weighted by molar-refractivity contribution is 0.146. The first kappa shape index (κ1) is 20.4. The van der Waals surface area contributed by atoms with Gasteiger partial charge in [-0.3, -0.25) is 0 Å². The fraction of sp³-hybridized carbons (Fsp3) is 0.500. The van der Waals surface area contributed by atoms with E-state index in [1.54, 1.807) is 20.0 Å². The summed E-state index contributed by atoms with van der Waals surface area (Å²) in [5.41, 5.74) is 0.314. The molecule has 28 heavy (non-hydrogen) atoms. The molecule has 1 saturated heterocycles. The van der Waals surface area contributed by atoms with Gasteiger partial charge in [0.05, 0.1) is 23.5 Å². The first-order chi connectivity index (χ1) is 13.5. The van der Waals surface area contributed by atoms with Crippen LogP contribution in [0.15, 0.2) is 24.4 Å². The van der Waals surface area contributed by atoms with Crippen molar-refractivity contribution in [3.63, 3.8) is 0 Å². The van der Waals surface area contributed by atoms with Crippen LogP contribution in [0.1, 0.15) is 49.2 Å². The highest BCUT2D eigenvalue weighted by molar-refractivity contribution is 5.63. The summed E-state index contributed by atoms with van der Waals surface area (Å²) >= 11 is 0. The molecule has 0 spiro atoms. The van der Waals surface area contributed by atoms with Crippen LogP contribution >= 0.6 is 0 Å². The zero-order chi connectivity index (χ0) is 20.1. The Bertz CT molecular complexity index is 793. The summed E-state index contributed by atoms with van der Waals surface area (Å²) in [6, 6.07) is 3.53. The highest BCUT2D eigenvalue weighted by Gasteiger charge is 2.21. The van der Waals surface area contributed by atoms with Crippen LogP contribution in [0.4, 0.5) is 24.7 Å². The highest BCUT2D eigenvalue weighted by atomic mass is 19.3. The Morgan fingerprint density at radius 3 is 2.64 bits per heavy atom. The van der Waals surface area contributed by atoms with Crippen molar-refractivity contribution in [2.24, 2.45) is 5.92 Å². The predicted molar refractivity (Wildman–Crippen MR) is 104 cm³/mol. The number of hydrogen-bond donors (Lipinski definition) is 3. The molecule has 152 valence electrons. The van der Waals surface area contributed by atoms with Crippen LogP contribution in [0.5, 0.6) is 0 Å².